The third kappa shape index (κ3) is 3.40. The molecule has 2 aromatic heterocycles. The monoisotopic (exact) mass is 421 g/mol. The number of carbonyl (C=O) groups excluding carboxylic acids is 2. The predicted octanol–water partition coefficient (Wildman–Crippen LogP) is 2.73. The Hall–Kier alpha value is -3.13. The van der Waals surface area contributed by atoms with E-state index in [4.69, 9.17) is 4.74 Å². The number of aromatic nitrogens is 3. The van der Waals surface area contributed by atoms with Crippen LogP contribution >= 0.6 is 0 Å². The van der Waals surface area contributed by atoms with Crippen molar-refractivity contribution < 1.29 is 14.3 Å². The number of hydrogen-bond donors (Lipinski definition) is 2. The molecule has 2 amide bonds. The summed E-state index contributed by atoms with van der Waals surface area (Å²) >= 11 is 0. The molecule has 31 heavy (non-hydrogen) atoms. The van der Waals surface area contributed by atoms with E-state index in [1.54, 1.807) is 9.80 Å². The van der Waals surface area contributed by atoms with Crippen LogP contribution in [0.2, 0.25) is 0 Å². The average molecular weight is 422 g/mol. The van der Waals surface area contributed by atoms with Crippen molar-refractivity contribution in [3.63, 3.8) is 0 Å². The molecule has 0 spiro atoms. The van der Waals surface area contributed by atoms with Gasteiger partial charge in [-0.2, -0.15) is 5.10 Å². The molecule has 1 saturated carbocycles. The average Bonchev–Trinajstić information content (AvgIpc) is 3.27. The van der Waals surface area contributed by atoms with E-state index in [-0.39, 0.29) is 17.4 Å². The Bertz CT molecular complexity index is 1110. The Labute approximate surface area is 180 Å². The summed E-state index contributed by atoms with van der Waals surface area (Å²) in [5.41, 5.74) is 3.44. The highest BCUT2D eigenvalue weighted by Gasteiger charge is 2.49. The molecule has 0 atom stereocenters. The molecule has 3 aromatic rings. The van der Waals surface area contributed by atoms with Crippen LogP contribution in [0.3, 0.4) is 0 Å². The van der Waals surface area contributed by atoms with Crippen molar-refractivity contribution in [3.05, 3.63) is 53.0 Å². The lowest BCUT2D eigenvalue weighted by molar-refractivity contribution is 0.0455. The van der Waals surface area contributed by atoms with E-state index >= 15 is 0 Å². The van der Waals surface area contributed by atoms with E-state index in [0.29, 0.717) is 44.1 Å². The highest BCUT2D eigenvalue weighted by Crippen LogP contribution is 2.42. The number of carbonyl (C=O) groups is 2. The zero-order valence-corrected chi connectivity index (χ0v) is 17.9. The first-order valence-corrected chi connectivity index (χ1v) is 10.8. The number of likely N-dealkylation sites (N-methyl/N-ethyl adjacent to an activating group) is 1. The SMILES string of the molecule is CCOCC1(N(C)C(=O)c2n[nH]c3c2CN(C(=O)c2cc4ccccc4[nH]2)CC3)CC1. The van der Waals surface area contributed by atoms with Crippen molar-refractivity contribution in [2.24, 2.45) is 0 Å². The first-order chi connectivity index (χ1) is 15.0. The molecule has 0 radical (unpaired) electrons. The second-order valence-corrected chi connectivity index (χ2v) is 8.50. The molecule has 2 aliphatic rings. The Morgan fingerprint density at radius 2 is 2.10 bits per heavy atom. The van der Waals surface area contributed by atoms with Crippen LogP contribution in [0.4, 0.5) is 0 Å². The van der Waals surface area contributed by atoms with Crippen LogP contribution in [0.1, 0.15) is 52.0 Å². The van der Waals surface area contributed by atoms with Gasteiger partial charge in [0, 0.05) is 48.8 Å². The lowest BCUT2D eigenvalue weighted by Crippen LogP contribution is -2.43. The number of nitrogens with zero attached hydrogens (tertiary/aromatic N) is 3. The van der Waals surface area contributed by atoms with Crippen LogP contribution in [-0.4, -0.2) is 69.1 Å². The molecule has 0 unspecified atom stereocenters. The maximum atomic E-state index is 13.3. The fraction of sp³-hybridized carbons (Fsp3) is 0.435. The van der Waals surface area contributed by atoms with Crippen molar-refractivity contribution in [1.29, 1.82) is 0 Å². The second kappa shape index (κ2) is 7.53. The maximum Gasteiger partial charge on any atom is 0.274 e. The molecule has 1 fully saturated rings. The fourth-order valence-corrected chi connectivity index (χ4v) is 4.39. The number of amides is 2. The van der Waals surface area contributed by atoms with Gasteiger partial charge in [-0.05, 0) is 31.9 Å². The lowest BCUT2D eigenvalue weighted by atomic mass is 10.0. The van der Waals surface area contributed by atoms with Gasteiger partial charge in [-0.3, -0.25) is 14.7 Å². The third-order valence-corrected chi connectivity index (χ3v) is 6.60. The zero-order valence-electron chi connectivity index (χ0n) is 17.9. The summed E-state index contributed by atoms with van der Waals surface area (Å²) in [5.74, 6) is -0.181. The summed E-state index contributed by atoms with van der Waals surface area (Å²) in [7, 11) is 1.83. The number of para-hydroxylation sites is 1. The molecule has 0 bridgehead atoms. The normalized spacial score (nSPS) is 16.9. The zero-order chi connectivity index (χ0) is 21.6. The van der Waals surface area contributed by atoms with Crippen molar-refractivity contribution in [2.75, 3.05) is 26.8 Å². The standard InChI is InChI=1S/C23H27N5O3/c1-3-31-14-23(9-10-23)27(2)22(30)20-16-13-28(11-8-18(16)25-26-20)21(29)19-12-15-6-4-5-7-17(15)24-19/h4-7,12,24H,3,8-11,13-14H2,1-2H3,(H,25,26). The van der Waals surface area contributed by atoms with Crippen LogP contribution < -0.4 is 0 Å². The van der Waals surface area contributed by atoms with Crippen molar-refractivity contribution in [3.8, 4) is 0 Å². The summed E-state index contributed by atoms with van der Waals surface area (Å²) in [6, 6.07) is 9.72. The molecule has 1 aromatic carbocycles. The Balaban J connectivity index is 1.36. The number of benzene rings is 1. The molecule has 1 aliphatic heterocycles. The van der Waals surface area contributed by atoms with Gasteiger partial charge in [0.15, 0.2) is 5.69 Å². The summed E-state index contributed by atoms with van der Waals surface area (Å²) in [4.78, 5) is 33.2. The number of ether oxygens (including phenoxy) is 1. The largest absolute Gasteiger partial charge is 0.379 e. The number of aromatic amines is 2. The first kappa shape index (κ1) is 19.8. The summed E-state index contributed by atoms with van der Waals surface area (Å²) < 4.78 is 5.61. The van der Waals surface area contributed by atoms with Crippen molar-refractivity contribution in [1.82, 2.24) is 25.0 Å². The summed E-state index contributed by atoms with van der Waals surface area (Å²) in [6.45, 7) is 4.09. The molecule has 2 N–H and O–H groups in total. The highest BCUT2D eigenvalue weighted by molar-refractivity contribution is 5.99. The van der Waals surface area contributed by atoms with Gasteiger partial charge in [-0.25, -0.2) is 0 Å². The van der Waals surface area contributed by atoms with Crippen LogP contribution in [-0.2, 0) is 17.7 Å². The van der Waals surface area contributed by atoms with Crippen LogP contribution in [0.15, 0.2) is 30.3 Å². The van der Waals surface area contributed by atoms with Gasteiger partial charge in [0.25, 0.3) is 11.8 Å². The quantitative estimate of drug-likeness (QED) is 0.640. The molecule has 162 valence electrons. The highest BCUT2D eigenvalue weighted by atomic mass is 16.5. The topological polar surface area (TPSA) is 94.3 Å². The molecular weight excluding hydrogens is 394 g/mol. The van der Waals surface area contributed by atoms with Gasteiger partial charge in [-0.15, -0.1) is 0 Å². The molecule has 3 heterocycles. The van der Waals surface area contributed by atoms with E-state index in [1.807, 2.05) is 44.3 Å². The van der Waals surface area contributed by atoms with E-state index in [1.165, 1.54) is 0 Å². The van der Waals surface area contributed by atoms with Crippen molar-refractivity contribution in [2.45, 2.75) is 38.3 Å². The Kier molecular flexibility index (Phi) is 4.81. The van der Waals surface area contributed by atoms with Gasteiger partial charge in [0.05, 0.1) is 18.7 Å². The minimum atomic E-state index is -0.229. The molecular formula is C23H27N5O3. The smallest absolute Gasteiger partial charge is 0.274 e. The van der Waals surface area contributed by atoms with E-state index < -0.39 is 0 Å². The second-order valence-electron chi connectivity index (χ2n) is 8.50. The van der Waals surface area contributed by atoms with Gasteiger partial charge < -0.3 is 19.5 Å². The van der Waals surface area contributed by atoms with Gasteiger partial charge in [-0.1, -0.05) is 18.2 Å². The molecule has 8 heteroatoms. The molecule has 0 saturated heterocycles. The van der Waals surface area contributed by atoms with Crippen LogP contribution in [0.25, 0.3) is 10.9 Å². The number of H-pyrrole nitrogens is 2. The van der Waals surface area contributed by atoms with Crippen molar-refractivity contribution >= 4 is 22.7 Å². The van der Waals surface area contributed by atoms with Gasteiger partial charge in [0.1, 0.15) is 5.69 Å². The number of rotatable bonds is 6. The van der Waals surface area contributed by atoms with E-state index in [0.717, 1.165) is 35.0 Å². The van der Waals surface area contributed by atoms with Gasteiger partial charge >= 0.3 is 0 Å². The molecule has 5 rings (SSSR count). The minimum absolute atomic E-state index is 0.0650. The van der Waals surface area contributed by atoms with Crippen LogP contribution in [0, 0.1) is 0 Å². The Morgan fingerprint density at radius 3 is 2.84 bits per heavy atom. The van der Waals surface area contributed by atoms with E-state index in [2.05, 4.69) is 15.2 Å². The lowest BCUT2D eigenvalue weighted by Gasteiger charge is -2.29. The first-order valence-electron chi connectivity index (χ1n) is 10.8. The van der Waals surface area contributed by atoms with E-state index in [9.17, 15) is 9.59 Å². The fourth-order valence-electron chi connectivity index (χ4n) is 4.39. The predicted molar refractivity (Wildman–Crippen MR) is 116 cm³/mol. The van der Waals surface area contributed by atoms with Crippen LogP contribution in [0.5, 0.6) is 0 Å². The minimum Gasteiger partial charge on any atom is -0.379 e. The summed E-state index contributed by atoms with van der Waals surface area (Å²) in [5, 5.41) is 8.37. The Morgan fingerprint density at radius 1 is 1.29 bits per heavy atom. The molecule has 1 aliphatic carbocycles. The number of nitrogens with one attached hydrogen (secondary N) is 2. The van der Waals surface area contributed by atoms with Gasteiger partial charge in [0.2, 0.25) is 0 Å². The third-order valence-electron chi connectivity index (χ3n) is 6.60. The number of hydrogen-bond acceptors (Lipinski definition) is 4. The maximum absolute atomic E-state index is 13.3. The summed E-state index contributed by atoms with van der Waals surface area (Å²) in [6.07, 6.45) is 2.52. The molecule has 8 nitrogen and oxygen atoms in total. The number of fused-ring (bicyclic) bond motifs is 2.